The van der Waals surface area contributed by atoms with E-state index in [-0.39, 0.29) is 5.91 Å². The predicted octanol–water partition coefficient (Wildman–Crippen LogP) is 8.56. The molecule has 1 aromatic heterocycles. The molecular weight excluding hydrogens is 458 g/mol. The van der Waals surface area contributed by atoms with Crippen LogP contribution in [0.15, 0.2) is 89.6 Å². The molecule has 4 aromatic carbocycles. The summed E-state index contributed by atoms with van der Waals surface area (Å²) in [6.45, 7) is 8.51. The van der Waals surface area contributed by atoms with Gasteiger partial charge in [0, 0.05) is 33.8 Å². The maximum atomic E-state index is 13.0. The number of hydrogen-bond donors (Lipinski definition) is 1. The topological polar surface area (TPSA) is 51.5 Å². The zero-order valence-electron chi connectivity index (χ0n) is 21.7. The number of rotatable bonds is 7. The fourth-order valence-corrected chi connectivity index (χ4v) is 4.91. The summed E-state index contributed by atoms with van der Waals surface area (Å²) in [5.74, 6) is 0.575. The van der Waals surface area contributed by atoms with Crippen LogP contribution in [0.3, 0.4) is 0 Å². The van der Waals surface area contributed by atoms with Crippen LogP contribution < -0.4 is 10.1 Å². The van der Waals surface area contributed by atoms with Gasteiger partial charge in [0.15, 0.2) is 0 Å². The molecule has 0 atom stereocenters. The molecule has 0 bridgehead atoms. The van der Waals surface area contributed by atoms with Crippen molar-refractivity contribution in [3.63, 3.8) is 0 Å². The largest absolute Gasteiger partial charge is 0.493 e. The van der Waals surface area contributed by atoms with E-state index >= 15 is 0 Å². The van der Waals surface area contributed by atoms with Crippen molar-refractivity contribution >= 4 is 38.9 Å². The molecule has 4 heteroatoms. The minimum atomic E-state index is -0.166. The first kappa shape index (κ1) is 24.4. The van der Waals surface area contributed by atoms with Crippen LogP contribution in [-0.2, 0) is 11.2 Å². The van der Waals surface area contributed by atoms with E-state index in [0.717, 1.165) is 62.2 Å². The van der Waals surface area contributed by atoms with E-state index in [4.69, 9.17) is 9.15 Å². The van der Waals surface area contributed by atoms with E-state index in [2.05, 4.69) is 48.6 Å². The van der Waals surface area contributed by atoms with Gasteiger partial charge in [-0.1, -0.05) is 61.5 Å². The summed E-state index contributed by atoms with van der Waals surface area (Å²) < 4.78 is 12.1. The van der Waals surface area contributed by atoms with Gasteiger partial charge in [-0.3, -0.25) is 4.79 Å². The van der Waals surface area contributed by atoms with Crippen molar-refractivity contribution in [2.45, 2.75) is 34.1 Å². The summed E-state index contributed by atoms with van der Waals surface area (Å²) >= 11 is 0. The van der Waals surface area contributed by atoms with Crippen molar-refractivity contribution in [1.29, 1.82) is 0 Å². The second-order valence-corrected chi connectivity index (χ2v) is 9.23. The Kier molecular flexibility index (Phi) is 6.82. The van der Waals surface area contributed by atoms with Crippen molar-refractivity contribution < 1.29 is 13.9 Å². The fourth-order valence-electron chi connectivity index (χ4n) is 4.91. The molecule has 0 aliphatic rings. The van der Waals surface area contributed by atoms with Gasteiger partial charge in [-0.15, -0.1) is 0 Å². The Morgan fingerprint density at radius 3 is 2.51 bits per heavy atom. The van der Waals surface area contributed by atoms with Crippen LogP contribution in [0.25, 0.3) is 38.4 Å². The number of furan rings is 1. The standard InChI is InChI=1S/C33H31NO3/c1-5-23-11-9-10-14-30(23)34-31(35)17-21(3)27-19-28-29(20-37-33(28)22(4)32(27)36-6-2)26-16-15-24-12-7-8-13-25(24)18-26/h7-20H,5-6H2,1-4H3,(H,34,35)/b21-17+. The molecule has 0 saturated carbocycles. The highest BCUT2D eigenvalue weighted by Crippen LogP contribution is 2.41. The zero-order valence-corrected chi connectivity index (χ0v) is 21.7. The van der Waals surface area contributed by atoms with Crippen LogP contribution in [0.4, 0.5) is 5.69 Å². The lowest BCUT2D eigenvalue weighted by molar-refractivity contribution is -0.111. The Labute approximate surface area is 217 Å². The molecule has 0 aliphatic heterocycles. The van der Waals surface area contributed by atoms with Crippen molar-refractivity contribution in [2.75, 3.05) is 11.9 Å². The fraction of sp³-hybridized carbons (Fsp3) is 0.182. The van der Waals surface area contributed by atoms with E-state index in [0.29, 0.717) is 6.61 Å². The van der Waals surface area contributed by atoms with Crippen molar-refractivity contribution in [3.05, 3.63) is 102 Å². The van der Waals surface area contributed by atoms with Crippen molar-refractivity contribution in [1.82, 2.24) is 0 Å². The second kappa shape index (κ2) is 10.4. The molecular formula is C33H31NO3. The van der Waals surface area contributed by atoms with Gasteiger partial charge in [0.25, 0.3) is 0 Å². The van der Waals surface area contributed by atoms with Gasteiger partial charge in [-0.05, 0) is 72.9 Å². The third kappa shape index (κ3) is 4.75. The van der Waals surface area contributed by atoms with Gasteiger partial charge in [0.1, 0.15) is 11.3 Å². The number of para-hydroxylation sites is 1. The molecule has 5 rings (SSSR count). The summed E-state index contributed by atoms with van der Waals surface area (Å²) in [6, 6.07) is 24.7. The van der Waals surface area contributed by atoms with Crippen molar-refractivity contribution in [3.8, 4) is 16.9 Å². The summed E-state index contributed by atoms with van der Waals surface area (Å²) in [6.07, 6.45) is 4.31. The smallest absolute Gasteiger partial charge is 0.248 e. The highest BCUT2D eigenvalue weighted by molar-refractivity contribution is 6.06. The van der Waals surface area contributed by atoms with Crippen molar-refractivity contribution in [2.24, 2.45) is 0 Å². The molecule has 5 aromatic rings. The molecule has 0 unspecified atom stereocenters. The van der Waals surface area contributed by atoms with Gasteiger partial charge < -0.3 is 14.5 Å². The average Bonchev–Trinajstić information content (AvgIpc) is 3.34. The molecule has 37 heavy (non-hydrogen) atoms. The van der Waals surface area contributed by atoms with Crippen LogP contribution in [0.1, 0.15) is 37.5 Å². The highest BCUT2D eigenvalue weighted by atomic mass is 16.5. The first-order valence-electron chi connectivity index (χ1n) is 12.7. The Hall–Kier alpha value is -4.31. The number of ether oxygens (including phenoxy) is 1. The SMILES string of the molecule is CCOc1c(/C(C)=C/C(=O)Nc2ccccc2CC)cc2c(-c3ccc4ccccc4c3)coc2c1C. The number of anilines is 1. The molecule has 1 N–H and O–H groups in total. The average molecular weight is 490 g/mol. The lowest BCUT2D eigenvalue weighted by atomic mass is 9.95. The summed E-state index contributed by atoms with van der Waals surface area (Å²) in [5, 5.41) is 6.41. The minimum absolute atomic E-state index is 0.166. The van der Waals surface area contributed by atoms with Gasteiger partial charge in [0.2, 0.25) is 5.91 Å². The number of benzene rings is 4. The third-order valence-corrected chi connectivity index (χ3v) is 6.82. The third-order valence-electron chi connectivity index (χ3n) is 6.82. The number of hydrogen-bond acceptors (Lipinski definition) is 3. The number of carbonyl (C=O) groups is 1. The number of aryl methyl sites for hydroxylation is 2. The number of nitrogens with one attached hydrogen (secondary N) is 1. The van der Waals surface area contributed by atoms with E-state index in [1.54, 1.807) is 6.08 Å². The van der Waals surface area contributed by atoms with Crippen LogP contribution >= 0.6 is 0 Å². The monoisotopic (exact) mass is 489 g/mol. The molecule has 4 nitrogen and oxygen atoms in total. The normalized spacial score (nSPS) is 11.7. The molecule has 0 aliphatic carbocycles. The van der Waals surface area contributed by atoms with Gasteiger partial charge in [-0.2, -0.15) is 0 Å². The molecule has 0 spiro atoms. The Morgan fingerprint density at radius 2 is 1.73 bits per heavy atom. The number of carbonyl (C=O) groups excluding carboxylic acids is 1. The van der Waals surface area contributed by atoms with E-state index < -0.39 is 0 Å². The lowest BCUT2D eigenvalue weighted by Crippen LogP contribution is -2.10. The van der Waals surface area contributed by atoms with Gasteiger partial charge in [-0.25, -0.2) is 0 Å². The Bertz CT molecular complexity index is 1640. The molecule has 0 radical (unpaired) electrons. The minimum Gasteiger partial charge on any atom is -0.493 e. The Balaban J connectivity index is 1.58. The molecule has 1 amide bonds. The van der Waals surface area contributed by atoms with E-state index in [1.807, 2.05) is 63.4 Å². The molecule has 186 valence electrons. The highest BCUT2D eigenvalue weighted by Gasteiger charge is 2.19. The van der Waals surface area contributed by atoms with E-state index in [1.165, 1.54) is 10.8 Å². The zero-order chi connectivity index (χ0) is 25.9. The maximum Gasteiger partial charge on any atom is 0.248 e. The summed E-state index contributed by atoms with van der Waals surface area (Å²) in [4.78, 5) is 13.0. The lowest BCUT2D eigenvalue weighted by Gasteiger charge is -2.15. The summed E-state index contributed by atoms with van der Waals surface area (Å²) in [5.41, 5.74) is 7.47. The Morgan fingerprint density at radius 1 is 0.973 bits per heavy atom. The number of amides is 1. The summed E-state index contributed by atoms with van der Waals surface area (Å²) in [7, 11) is 0. The van der Waals surface area contributed by atoms with Crippen LogP contribution in [0, 0.1) is 6.92 Å². The maximum absolute atomic E-state index is 13.0. The predicted molar refractivity (Wildman–Crippen MR) is 153 cm³/mol. The van der Waals surface area contributed by atoms with Crippen LogP contribution in [0.2, 0.25) is 0 Å². The van der Waals surface area contributed by atoms with Crippen LogP contribution in [0.5, 0.6) is 5.75 Å². The van der Waals surface area contributed by atoms with Gasteiger partial charge in [0.05, 0.1) is 12.9 Å². The molecule has 0 fully saturated rings. The second-order valence-electron chi connectivity index (χ2n) is 9.23. The first-order chi connectivity index (χ1) is 18.0. The first-order valence-corrected chi connectivity index (χ1v) is 12.7. The number of fused-ring (bicyclic) bond motifs is 2. The van der Waals surface area contributed by atoms with Crippen LogP contribution in [-0.4, -0.2) is 12.5 Å². The van der Waals surface area contributed by atoms with Gasteiger partial charge >= 0.3 is 0 Å². The molecule has 0 saturated heterocycles. The van der Waals surface area contributed by atoms with E-state index in [9.17, 15) is 4.79 Å². The molecule has 1 heterocycles. The number of allylic oxidation sites excluding steroid dienone is 1. The quantitative estimate of drug-likeness (QED) is 0.233.